The average molecular weight is 251 g/mol. The number of anilines is 1. The minimum atomic E-state index is 0.875. The first kappa shape index (κ1) is 11.1. The normalized spacial score (nSPS) is 10.4. The van der Waals surface area contributed by atoms with Gasteiger partial charge in [-0.25, -0.2) is 0 Å². The van der Waals surface area contributed by atoms with E-state index in [1.165, 1.54) is 16.7 Å². The smallest absolute Gasteiger partial charge is 0.0942 e. The summed E-state index contributed by atoms with van der Waals surface area (Å²) >= 11 is 1.60. The molecule has 1 aromatic heterocycles. The molecule has 1 nitrogen and oxygen atoms in total. The molecule has 18 heavy (non-hydrogen) atoms. The Morgan fingerprint density at radius 3 is 1.89 bits per heavy atom. The van der Waals surface area contributed by atoms with Gasteiger partial charge in [-0.15, -0.1) is 11.3 Å². The second-order valence-electron chi connectivity index (χ2n) is 4.12. The highest BCUT2D eigenvalue weighted by Crippen LogP contribution is 2.40. The van der Waals surface area contributed by atoms with Crippen molar-refractivity contribution >= 4 is 16.3 Å². The fraction of sp³-hybridized carbons (Fsp3) is 0. The molecule has 88 valence electrons. The molecular weight excluding hydrogens is 238 g/mol. The first-order chi connectivity index (χ1) is 8.86. The van der Waals surface area contributed by atoms with Crippen LogP contribution in [-0.4, -0.2) is 0 Å². The summed E-state index contributed by atoms with van der Waals surface area (Å²) in [7, 11) is 0. The van der Waals surface area contributed by atoms with E-state index in [0.717, 1.165) is 10.6 Å². The van der Waals surface area contributed by atoms with Crippen LogP contribution in [0.3, 0.4) is 0 Å². The molecule has 0 atom stereocenters. The lowest BCUT2D eigenvalue weighted by Gasteiger charge is -2.06. The van der Waals surface area contributed by atoms with Crippen molar-refractivity contribution < 1.29 is 0 Å². The molecule has 0 unspecified atom stereocenters. The van der Waals surface area contributed by atoms with Crippen LogP contribution >= 0.6 is 11.3 Å². The molecule has 3 rings (SSSR count). The highest BCUT2D eigenvalue weighted by molar-refractivity contribution is 7.15. The molecule has 2 aromatic carbocycles. The molecule has 0 radical (unpaired) electrons. The van der Waals surface area contributed by atoms with Crippen molar-refractivity contribution in [3.05, 3.63) is 66.0 Å². The largest absolute Gasteiger partial charge is 0.390 e. The van der Waals surface area contributed by atoms with Crippen LogP contribution < -0.4 is 5.73 Å². The second-order valence-corrected chi connectivity index (χ2v) is 5.03. The number of hydrogen-bond donors (Lipinski definition) is 1. The van der Waals surface area contributed by atoms with Gasteiger partial charge in [-0.1, -0.05) is 60.7 Å². The standard InChI is InChI=1S/C16H13NS/c17-16-15(13-9-5-2-6-10-13)14(11-18-16)12-7-3-1-4-8-12/h1-11H,17H2. The lowest BCUT2D eigenvalue weighted by molar-refractivity contribution is 1.63. The van der Waals surface area contributed by atoms with Crippen molar-refractivity contribution in [1.82, 2.24) is 0 Å². The fourth-order valence-electron chi connectivity index (χ4n) is 2.11. The Hall–Kier alpha value is -2.06. The van der Waals surface area contributed by atoms with E-state index in [0.29, 0.717) is 0 Å². The lowest BCUT2D eigenvalue weighted by Crippen LogP contribution is -1.86. The summed E-state index contributed by atoms with van der Waals surface area (Å²) in [5, 5.41) is 3.01. The Morgan fingerprint density at radius 1 is 0.722 bits per heavy atom. The molecule has 0 fully saturated rings. The highest BCUT2D eigenvalue weighted by atomic mass is 32.1. The molecule has 0 aliphatic carbocycles. The number of rotatable bonds is 2. The van der Waals surface area contributed by atoms with Gasteiger partial charge in [0.15, 0.2) is 0 Å². The van der Waals surface area contributed by atoms with Gasteiger partial charge >= 0.3 is 0 Å². The predicted octanol–water partition coefficient (Wildman–Crippen LogP) is 4.66. The summed E-state index contributed by atoms with van der Waals surface area (Å²) in [5.74, 6) is 0. The van der Waals surface area contributed by atoms with Crippen molar-refractivity contribution in [3.63, 3.8) is 0 Å². The van der Waals surface area contributed by atoms with Gasteiger partial charge in [0.25, 0.3) is 0 Å². The van der Waals surface area contributed by atoms with E-state index < -0.39 is 0 Å². The zero-order valence-corrected chi connectivity index (χ0v) is 10.7. The van der Waals surface area contributed by atoms with Crippen molar-refractivity contribution in [2.75, 3.05) is 5.73 Å². The van der Waals surface area contributed by atoms with Crippen LogP contribution in [0.4, 0.5) is 5.00 Å². The van der Waals surface area contributed by atoms with E-state index in [-0.39, 0.29) is 0 Å². The monoisotopic (exact) mass is 251 g/mol. The van der Waals surface area contributed by atoms with Gasteiger partial charge in [-0.05, 0) is 11.1 Å². The fourth-order valence-corrected chi connectivity index (χ4v) is 2.95. The third kappa shape index (κ3) is 1.91. The lowest BCUT2D eigenvalue weighted by atomic mass is 9.98. The zero-order valence-electron chi connectivity index (χ0n) is 9.84. The van der Waals surface area contributed by atoms with Gasteiger partial charge in [0, 0.05) is 16.5 Å². The second kappa shape index (κ2) is 4.67. The van der Waals surface area contributed by atoms with Crippen molar-refractivity contribution in [1.29, 1.82) is 0 Å². The number of thiophene rings is 1. The molecular formula is C16H13NS. The molecule has 2 N–H and O–H groups in total. The van der Waals surface area contributed by atoms with Gasteiger partial charge in [0.2, 0.25) is 0 Å². The Morgan fingerprint density at radius 2 is 1.28 bits per heavy atom. The van der Waals surface area contributed by atoms with E-state index in [1.54, 1.807) is 11.3 Å². The van der Waals surface area contributed by atoms with Gasteiger partial charge in [-0.3, -0.25) is 0 Å². The van der Waals surface area contributed by atoms with Gasteiger partial charge in [0.1, 0.15) is 0 Å². The maximum Gasteiger partial charge on any atom is 0.0942 e. The van der Waals surface area contributed by atoms with E-state index >= 15 is 0 Å². The number of hydrogen-bond acceptors (Lipinski definition) is 2. The van der Waals surface area contributed by atoms with Crippen LogP contribution in [0.25, 0.3) is 22.3 Å². The molecule has 2 heteroatoms. The maximum absolute atomic E-state index is 6.13. The van der Waals surface area contributed by atoms with E-state index in [1.807, 2.05) is 24.3 Å². The SMILES string of the molecule is Nc1scc(-c2ccccc2)c1-c1ccccc1. The van der Waals surface area contributed by atoms with Crippen LogP contribution in [0.1, 0.15) is 0 Å². The number of benzene rings is 2. The van der Waals surface area contributed by atoms with Crippen LogP contribution in [-0.2, 0) is 0 Å². The Balaban J connectivity index is 2.19. The summed E-state index contributed by atoms with van der Waals surface area (Å²) < 4.78 is 0. The summed E-state index contributed by atoms with van der Waals surface area (Å²) in [6, 6.07) is 20.7. The first-order valence-corrected chi connectivity index (χ1v) is 6.72. The molecule has 0 amide bonds. The predicted molar refractivity (Wildman–Crippen MR) is 79.6 cm³/mol. The molecule has 0 spiro atoms. The molecule has 0 aliphatic heterocycles. The topological polar surface area (TPSA) is 26.0 Å². The third-order valence-corrected chi connectivity index (χ3v) is 3.78. The van der Waals surface area contributed by atoms with E-state index in [2.05, 4.69) is 41.8 Å². The summed E-state index contributed by atoms with van der Waals surface area (Å²) in [4.78, 5) is 0. The maximum atomic E-state index is 6.13. The summed E-state index contributed by atoms with van der Waals surface area (Å²) in [6.45, 7) is 0. The summed E-state index contributed by atoms with van der Waals surface area (Å²) in [6.07, 6.45) is 0. The Kier molecular flexibility index (Phi) is 2.87. The zero-order chi connectivity index (χ0) is 12.4. The Labute approximate surface area is 111 Å². The van der Waals surface area contributed by atoms with Crippen molar-refractivity contribution in [2.24, 2.45) is 0 Å². The molecule has 0 saturated carbocycles. The molecule has 0 bridgehead atoms. The van der Waals surface area contributed by atoms with Crippen LogP contribution in [0, 0.1) is 0 Å². The Bertz CT molecular complexity index is 641. The molecule has 0 saturated heterocycles. The van der Waals surface area contributed by atoms with Crippen molar-refractivity contribution in [2.45, 2.75) is 0 Å². The van der Waals surface area contributed by atoms with Crippen molar-refractivity contribution in [3.8, 4) is 22.3 Å². The number of nitrogen functional groups attached to an aromatic ring is 1. The average Bonchev–Trinajstić information content (AvgIpc) is 2.83. The minimum absolute atomic E-state index is 0.875. The molecule has 0 aliphatic rings. The van der Waals surface area contributed by atoms with E-state index in [4.69, 9.17) is 5.73 Å². The van der Waals surface area contributed by atoms with Crippen LogP contribution in [0.2, 0.25) is 0 Å². The van der Waals surface area contributed by atoms with E-state index in [9.17, 15) is 0 Å². The molecule has 3 aromatic rings. The first-order valence-electron chi connectivity index (χ1n) is 5.84. The van der Waals surface area contributed by atoms with Crippen LogP contribution in [0.15, 0.2) is 66.0 Å². The van der Waals surface area contributed by atoms with Gasteiger partial charge in [-0.2, -0.15) is 0 Å². The summed E-state index contributed by atoms with van der Waals surface area (Å²) in [5.41, 5.74) is 10.9. The number of nitrogens with two attached hydrogens (primary N) is 1. The highest BCUT2D eigenvalue weighted by Gasteiger charge is 2.12. The molecule has 1 heterocycles. The quantitative estimate of drug-likeness (QED) is 0.704. The van der Waals surface area contributed by atoms with Crippen LogP contribution in [0.5, 0.6) is 0 Å². The van der Waals surface area contributed by atoms with Gasteiger partial charge < -0.3 is 5.73 Å². The minimum Gasteiger partial charge on any atom is -0.390 e. The third-order valence-electron chi connectivity index (χ3n) is 2.97. The van der Waals surface area contributed by atoms with Gasteiger partial charge in [0.05, 0.1) is 5.00 Å².